The van der Waals surface area contributed by atoms with Crippen LogP contribution in [0.4, 0.5) is 4.79 Å². The summed E-state index contributed by atoms with van der Waals surface area (Å²) in [5.41, 5.74) is 2.36. The molecular weight excluding hydrogens is 358 g/mol. The number of nitrogens with one attached hydrogen (secondary N) is 2. The molecule has 154 valence electrons. The van der Waals surface area contributed by atoms with Gasteiger partial charge in [0.05, 0.1) is 11.7 Å². The molecule has 0 aromatic carbocycles. The largest absolute Gasteiger partial charge is 0.352 e. The van der Waals surface area contributed by atoms with Crippen LogP contribution in [0, 0.1) is 26.7 Å². The molecule has 0 radical (unpaired) electrons. The normalized spacial score (nSPS) is 25.9. The number of urea groups is 1. The molecule has 3 atom stereocenters. The standard InChI is InChI=1S/C20H31N5O3/c1-12-8-6-7-9-20(12)18(27)24(19(28)22-20)11-17(26)21-10-13(2)25-16(5)14(3)15(4)23-25/h12-13H,6-11H2,1-5H3,(H,21,26)(H,22,28)/t12-,13+,20+/m0/s1. The molecule has 0 bridgehead atoms. The number of hydrogen-bond acceptors (Lipinski definition) is 4. The molecule has 8 nitrogen and oxygen atoms in total. The Labute approximate surface area is 166 Å². The van der Waals surface area contributed by atoms with Crippen molar-refractivity contribution in [3.8, 4) is 0 Å². The molecule has 1 saturated heterocycles. The van der Waals surface area contributed by atoms with Crippen molar-refractivity contribution in [2.45, 2.75) is 71.9 Å². The van der Waals surface area contributed by atoms with E-state index in [2.05, 4.69) is 15.7 Å². The molecule has 2 aliphatic rings. The monoisotopic (exact) mass is 389 g/mol. The average Bonchev–Trinajstić information content (AvgIpc) is 3.05. The fourth-order valence-corrected chi connectivity index (χ4v) is 4.36. The maximum atomic E-state index is 12.9. The van der Waals surface area contributed by atoms with Crippen LogP contribution in [-0.2, 0) is 9.59 Å². The van der Waals surface area contributed by atoms with E-state index in [1.807, 2.05) is 39.3 Å². The second-order valence-corrected chi connectivity index (χ2v) is 8.33. The van der Waals surface area contributed by atoms with Gasteiger partial charge in [-0.2, -0.15) is 5.10 Å². The molecule has 8 heteroatoms. The van der Waals surface area contributed by atoms with E-state index >= 15 is 0 Å². The molecule has 1 spiro atoms. The predicted octanol–water partition coefficient (Wildman–Crippen LogP) is 1.99. The van der Waals surface area contributed by atoms with E-state index in [1.165, 1.54) is 0 Å². The fraction of sp³-hybridized carbons (Fsp3) is 0.700. The summed E-state index contributed by atoms with van der Waals surface area (Å²) in [5.74, 6) is -0.517. The number of nitrogens with zero attached hydrogens (tertiary/aromatic N) is 3. The molecule has 2 fully saturated rings. The van der Waals surface area contributed by atoms with Crippen LogP contribution in [-0.4, -0.2) is 51.2 Å². The second kappa shape index (κ2) is 7.56. The van der Waals surface area contributed by atoms with Gasteiger partial charge < -0.3 is 10.6 Å². The number of hydrogen-bond donors (Lipinski definition) is 2. The Bertz CT molecular complexity index is 802. The van der Waals surface area contributed by atoms with Gasteiger partial charge in [0, 0.05) is 12.2 Å². The van der Waals surface area contributed by atoms with Gasteiger partial charge in [-0.1, -0.05) is 19.8 Å². The van der Waals surface area contributed by atoms with Crippen molar-refractivity contribution in [2.75, 3.05) is 13.1 Å². The van der Waals surface area contributed by atoms with Crippen molar-refractivity contribution in [3.05, 3.63) is 17.0 Å². The summed E-state index contributed by atoms with van der Waals surface area (Å²) in [5, 5.41) is 10.2. The van der Waals surface area contributed by atoms with Gasteiger partial charge in [-0.3, -0.25) is 19.2 Å². The van der Waals surface area contributed by atoms with Crippen LogP contribution in [0.15, 0.2) is 0 Å². The van der Waals surface area contributed by atoms with Crippen molar-refractivity contribution in [1.29, 1.82) is 0 Å². The summed E-state index contributed by atoms with van der Waals surface area (Å²) in [6.07, 6.45) is 3.53. The molecule has 3 rings (SSSR count). The minimum Gasteiger partial charge on any atom is -0.352 e. The highest BCUT2D eigenvalue weighted by Gasteiger charge is 2.55. The van der Waals surface area contributed by atoms with Gasteiger partial charge in [-0.15, -0.1) is 0 Å². The summed E-state index contributed by atoms with van der Waals surface area (Å²) >= 11 is 0. The molecular formula is C20H31N5O3. The van der Waals surface area contributed by atoms with Crippen molar-refractivity contribution < 1.29 is 14.4 Å². The lowest BCUT2D eigenvalue weighted by Crippen LogP contribution is -2.54. The first kappa shape index (κ1) is 20.4. The van der Waals surface area contributed by atoms with Crippen molar-refractivity contribution in [2.24, 2.45) is 5.92 Å². The van der Waals surface area contributed by atoms with Gasteiger partial charge >= 0.3 is 6.03 Å². The van der Waals surface area contributed by atoms with E-state index in [1.54, 1.807) is 0 Å². The zero-order chi connectivity index (χ0) is 20.6. The van der Waals surface area contributed by atoms with Crippen molar-refractivity contribution >= 4 is 17.8 Å². The maximum Gasteiger partial charge on any atom is 0.325 e. The van der Waals surface area contributed by atoms with E-state index in [0.717, 1.165) is 41.1 Å². The number of carbonyl (C=O) groups is 3. The summed E-state index contributed by atoms with van der Waals surface area (Å²) < 4.78 is 1.90. The molecule has 1 aromatic rings. The van der Waals surface area contributed by atoms with Crippen LogP contribution in [0.1, 0.15) is 62.5 Å². The van der Waals surface area contributed by atoms with Crippen LogP contribution < -0.4 is 10.6 Å². The molecule has 2 heterocycles. The first-order valence-corrected chi connectivity index (χ1v) is 10.1. The van der Waals surface area contributed by atoms with E-state index in [-0.39, 0.29) is 30.3 Å². The summed E-state index contributed by atoms with van der Waals surface area (Å²) in [6, 6.07) is -0.486. The smallest absolute Gasteiger partial charge is 0.325 e. The van der Waals surface area contributed by atoms with E-state index in [9.17, 15) is 14.4 Å². The fourth-order valence-electron chi connectivity index (χ4n) is 4.36. The third-order valence-electron chi connectivity index (χ3n) is 6.50. The first-order valence-electron chi connectivity index (χ1n) is 10.1. The van der Waals surface area contributed by atoms with Gasteiger partial charge in [0.2, 0.25) is 5.91 Å². The van der Waals surface area contributed by atoms with Crippen LogP contribution >= 0.6 is 0 Å². The molecule has 2 N–H and O–H groups in total. The Balaban J connectivity index is 1.59. The van der Waals surface area contributed by atoms with Gasteiger partial charge in [0.15, 0.2) is 0 Å². The van der Waals surface area contributed by atoms with E-state index < -0.39 is 11.6 Å². The van der Waals surface area contributed by atoms with Gasteiger partial charge in [-0.05, 0) is 52.0 Å². The molecule has 1 saturated carbocycles. The van der Waals surface area contributed by atoms with Gasteiger partial charge in [0.1, 0.15) is 12.1 Å². The first-order chi connectivity index (χ1) is 13.2. The molecule has 4 amide bonds. The Morgan fingerprint density at radius 2 is 2.04 bits per heavy atom. The van der Waals surface area contributed by atoms with Crippen molar-refractivity contribution in [1.82, 2.24) is 25.3 Å². The third kappa shape index (κ3) is 3.40. The quantitative estimate of drug-likeness (QED) is 0.753. The topological polar surface area (TPSA) is 96.3 Å². The minimum atomic E-state index is -0.829. The summed E-state index contributed by atoms with van der Waals surface area (Å²) in [6.45, 7) is 10.1. The van der Waals surface area contributed by atoms with Crippen LogP contribution in [0.5, 0.6) is 0 Å². The molecule has 28 heavy (non-hydrogen) atoms. The van der Waals surface area contributed by atoms with Crippen LogP contribution in [0.2, 0.25) is 0 Å². The number of amides is 4. The highest BCUT2D eigenvalue weighted by Crippen LogP contribution is 2.38. The summed E-state index contributed by atoms with van der Waals surface area (Å²) in [4.78, 5) is 38.8. The zero-order valence-corrected chi connectivity index (χ0v) is 17.5. The molecule has 1 aromatic heterocycles. The lowest BCUT2D eigenvalue weighted by atomic mass is 9.73. The lowest BCUT2D eigenvalue weighted by molar-refractivity contribution is -0.137. The van der Waals surface area contributed by atoms with Crippen molar-refractivity contribution in [3.63, 3.8) is 0 Å². The van der Waals surface area contributed by atoms with Gasteiger partial charge in [-0.25, -0.2) is 4.79 Å². The SMILES string of the molecule is Cc1nn([C@H](C)CNC(=O)CN2C(=O)N[C@@]3(CCCC[C@@H]3C)C2=O)c(C)c1C. The predicted molar refractivity (Wildman–Crippen MR) is 105 cm³/mol. The maximum absolute atomic E-state index is 12.9. The second-order valence-electron chi connectivity index (χ2n) is 8.33. The third-order valence-corrected chi connectivity index (χ3v) is 6.50. The highest BCUT2D eigenvalue weighted by molar-refractivity contribution is 6.09. The molecule has 1 aliphatic carbocycles. The Morgan fingerprint density at radius 3 is 2.64 bits per heavy atom. The Kier molecular flexibility index (Phi) is 5.50. The molecule has 1 aliphatic heterocycles. The number of rotatable bonds is 5. The van der Waals surface area contributed by atoms with E-state index in [4.69, 9.17) is 0 Å². The van der Waals surface area contributed by atoms with E-state index in [0.29, 0.717) is 13.0 Å². The Hall–Kier alpha value is -2.38. The molecule has 0 unspecified atom stereocenters. The van der Waals surface area contributed by atoms with Crippen LogP contribution in [0.3, 0.4) is 0 Å². The minimum absolute atomic E-state index is 0.0239. The lowest BCUT2D eigenvalue weighted by Gasteiger charge is -2.36. The Morgan fingerprint density at radius 1 is 1.32 bits per heavy atom. The number of aryl methyl sites for hydroxylation is 1. The van der Waals surface area contributed by atoms with Crippen LogP contribution in [0.25, 0.3) is 0 Å². The number of carbonyl (C=O) groups excluding carboxylic acids is 3. The highest BCUT2D eigenvalue weighted by atomic mass is 16.2. The van der Waals surface area contributed by atoms with Gasteiger partial charge in [0.25, 0.3) is 5.91 Å². The zero-order valence-electron chi connectivity index (χ0n) is 17.5. The number of aromatic nitrogens is 2. The summed E-state index contributed by atoms with van der Waals surface area (Å²) in [7, 11) is 0. The average molecular weight is 390 g/mol. The number of imide groups is 1.